The SMILES string of the molecule is Cn1cc(S(=O)(=O)N2CCc3ccccc32)cc1C(=O)NCCCc1ccccc1. The second-order valence-electron chi connectivity index (χ2n) is 7.47. The molecule has 1 aliphatic heterocycles. The summed E-state index contributed by atoms with van der Waals surface area (Å²) in [5.74, 6) is -0.270. The summed E-state index contributed by atoms with van der Waals surface area (Å²) in [6, 6.07) is 19.1. The highest BCUT2D eigenvalue weighted by Crippen LogP contribution is 2.33. The van der Waals surface area contributed by atoms with Crippen LogP contribution in [0.4, 0.5) is 5.69 Å². The summed E-state index contributed by atoms with van der Waals surface area (Å²) in [4.78, 5) is 12.7. The Kier molecular flexibility index (Phi) is 5.63. The third kappa shape index (κ3) is 3.98. The fourth-order valence-electron chi connectivity index (χ4n) is 3.82. The second-order valence-corrected chi connectivity index (χ2v) is 9.34. The lowest BCUT2D eigenvalue weighted by atomic mass is 10.1. The van der Waals surface area contributed by atoms with Gasteiger partial charge in [0.2, 0.25) is 0 Å². The molecule has 0 atom stereocenters. The number of nitrogens with zero attached hydrogens (tertiary/aromatic N) is 2. The molecule has 0 bridgehead atoms. The number of carbonyl (C=O) groups excluding carboxylic acids is 1. The summed E-state index contributed by atoms with van der Waals surface area (Å²) in [6.45, 7) is 0.943. The zero-order chi connectivity index (χ0) is 21.1. The largest absolute Gasteiger partial charge is 0.351 e. The van der Waals surface area contributed by atoms with Crippen molar-refractivity contribution in [3.8, 4) is 0 Å². The lowest BCUT2D eigenvalue weighted by Gasteiger charge is -2.18. The Morgan fingerprint density at radius 2 is 1.80 bits per heavy atom. The van der Waals surface area contributed by atoms with Crippen LogP contribution in [0.15, 0.2) is 71.8 Å². The van der Waals surface area contributed by atoms with Gasteiger partial charge in [0.1, 0.15) is 10.6 Å². The number of amides is 1. The normalized spacial score (nSPS) is 13.3. The molecule has 0 unspecified atom stereocenters. The van der Waals surface area contributed by atoms with E-state index in [0.717, 1.165) is 18.4 Å². The molecule has 1 aliphatic rings. The minimum Gasteiger partial charge on any atom is -0.351 e. The molecule has 6 nitrogen and oxygen atoms in total. The predicted octanol–water partition coefficient (Wildman–Crippen LogP) is 3.14. The minimum absolute atomic E-state index is 0.135. The van der Waals surface area contributed by atoms with E-state index in [-0.39, 0.29) is 10.8 Å². The molecule has 0 saturated carbocycles. The van der Waals surface area contributed by atoms with Crippen LogP contribution >= 0.6 is 0 Å². The van der Waals surface area contributed by atoms with Gasteiger partial charge in [-0.25, -0.2) is 8.42 Å². The van der Waals surface area contributed by atoms with E-state index < -0.39 is 10.0 Å². The maximum absolute atomic E-state index is 13.2. The van der Waals surface area contributed by atoms with Crippen LogP contribution in [0, 0.1) is 0 Å². The van der Waals surface area contributed by atoms with E-state index in [1.54, 1.807) is 11.6 Å². The number of hydrogen-bond acceptors (Lipinski definition) is 3. The Labute approximate surface area is 177 Å². The molecule has 0 saturated heterocycles. The first kappa shape index (κ1) is 20.2. The van der Waals surface area contributed by atoms with E-state index in [4.69, 9.17) is 0 Å². The van der Waals surface area contributed by atoms with Crippen LogP contribution in [0.2, 0.25) is 0 Å². The Hall–Kier alpha value is -3.06. The monoisotopic (exact) mass is 423 g/mol. The van der Waals surface area contributed by atoms with Crippen molar-refractivity contribution in [1.29, 1.82) is 0 Å². The highest BCUT2D eigenvalue weighted by Gasteiger charge is 2.32. The summed E-state index contributed by atoms with van der Waals surface area (Å²) in [5.41, 5.74) is 3.30. The van der Waals surface area contributed by atoms with E-state index in [1.165, 1.54) is 22.1 Å². The fourth-order valence-corrected chi connectivity index (χ4v) is 5.39. The van der Waals surface area contributed by atoms with Crippen molar-refractivity contribution in [3.05, 3.63) is 83.7 Å². The van der Waals surface area contributed by atoms with Crippen molar-refractivity contribution >= 4 is 21.6 Å². The maximum Gasteiger partial charge on any atom is 0.267 e. The standard InChI is InChI=1S/C23H25N3O3S/c1-25-17-20(30(28,29)26-15-13-19-11-5-6-12-21(19)26)16-22(25)23(27)24-14-7-10-18-8-3-2-4-9-18/h2-6,8-9,11-12,16-17H,7,10,13-15H2,1H3,(H,24,27). The molecule has 156 valence electrons. The molecule has 30 heavy (non-hydrogen) atoms. The quantitative estimate of drug-likeness (QED) is 0.594. The van der Waals surface area contributed by atoms with E-state index in [9.17, 15) is 13.2 Å². The van der Waals surface area contributed by atoms with Crippen molar-refractivity contribution < 1.29 is 13.2 Å². The predicted molar refractivity (Wildman–Crippen MR) is 117 cm³/mol. The first-order chi connectivity index (χ1) is 14.5. The van der Waals surface area contributed by atoms with Gasteiger partial charge < -0.3 is 9.88 Å². The number of fused-ring (bicyclic) bond motifs is 1. The van der Waals surface area contributed by atoms with E-state index in [2.05, 4.69) is 17.4 Å². The lowest BCUT2D eigenvalue weighted by molar-refractivity contribution is 0.0945. The maximum atomic E-state index is 13.2. The number of aromatic nitrogens is 1. The molecule has 0 aliphatic carbocycles. The molecule has 1 amide bonds. The molecular formula is C23H25N3O3S. The summed E-state index contributed by atoms with van der Waals surface area (Å²) in [5, 5.41) is 2.89. The summed E-state index contributed by atoms with van der Waals surface area (Å²) in [7, 11) is -2.03. The Bertz CT molecular complexity index is 1150. The number of sulfonamides is 1. The van der Waals surface area contributed by atoms with Crippen LogP contribution < -0.4 is 9.62 Å². The van der Waals surface area contributed by atoms with Gasteiger partial charge in [-0.3, -0.25) is 9.10 Å². The fraction of sp³-hybridized carbons (Fsp3) is 0.261. The number of hydrogen-bond donors (Lipinski definition) is 1. The van der Waals surface area contributed by atoms with Gasteiger partial charge in [0.05, 0.1) is 5.69 Å². The van der Waals surface area contributed by atoms with Crippen LogP contribution in [0.3, 0.4) is 0 Å². The van der Waals surface area contributed by atoms with Crippen molar-refractivity contribution in [2.24, 2.45) is 7.05 Å². The van der Waals surface area contributed by atoms with Crippen LogP contribution in [0.5, 0.6) is 0 Å². The molecule has 4 rings (SSSR count). The van der Waals surface area contributed by atoms with Crippen LogP contribution in [-0.4, -0.2) is 32.0 Å². The molecule has 0 spiro atoms. The van der Waals surface area contributed by atoms with Crippen LogP contribution in [0.25, 0.3) is 0 Å². The Morgan fingerprint density at radius 3 is 2.60 bits per heavy atom. The van der Waals surface area contributed by atoms with Crippen molar-refractivity contribution in [3.63, 3.8) is 0 Å². The molecule has 1 aromatic heterocycles. The van der Waals surface area contributed by atoms with E-state index in [1.807, 2.05) is 42.5 Å². The van der Waals surface area contributed by atoms with Crippen molar-refractivity contribution in [1.82, 2.24) is 9.88 Å². The van der Waals surface area contributed by atoms with Crippen LogP contribution in [-0.2, 0) is 29.9 Å². The first-order valence-electron chi connectivity index (χ1n) is 10.1. The number of aryl methyl sites for hydroxylation is 2. The Morgan fingerprint density at radius 1 is 1.07 bits per heavy atom. The third-order valence-electron chi connectivity index (χ3n) is 5.42. The average molecular weight is 424 g/mol. The van der Waals surface area contributed by atoms with E-state index >= 15 is 0 Å². The first-order valence-corrected chi connectivity index (χ1v) is 11.5. The smallest absolute Gasteiger partial charge is 0.267 e. The van der Waals surface area contributed by atoms with Gasteiger partial charge in [-0.2, -0.15) is 0 Å². The van der Waals surface area contributed by atoms with Crippen molar-refractivity contribution in [2.45, 2.75) is 24.2 Å². The van der Waals surface area contributed by atoms with Gasteiger partial charge in [0, 0.05) is 26.3 Å². The number of nitrogens with one attached hydrogen (secondary N) is 1. The molecule has 0 fully saturated rings. The van der Waals surface area contributed by atoms with Gasteiger partial charge in [-0.05, 0) is 42.5 Å². The van der Waals surface area contributed by atoms with Gasteiger partial charge in [-0.15, -0.1) is 0 Å². The average Bonchev–Trinajstić information content (AvgIpc) is 3.36. The number of benzene rings is 2. The molecule has 3 aromatic rings. The molecular weight excluding hydrogens is 398 g/mol. The van der Waals surface area contributed by atoms with Gasteiger partial charge >= 0.3 is 0 Å². The summed E-state index contributed by atoms with van der Waals surface area (Å²) in [6.07, 6.45) is 3.89. The lowest BCUT2D eigenvalue weighted by Crippen LogP contribution is -2.29. The highest BCUT2D eigenvalue weighted by atomic mass is 32.2. The van der Waals surface area contributed by atoms with Gasteiger partial charge in [0.25, 0.3) is 15.9 Å². The number of rotatable bonds is 7. The number of anilines is 1. The van der Waals surface area contributed by atoms with Crippen LogP contribution in [0.1, 0.15) is 28.0 Å². The molecule has 1 N–H and O–H groups in total. The number of para-hydroxylation sites is 1. The van der Waals surface area contributed by atoms with Gasteiger partial charge in [-0.1, -0.05) is 48.5 Å². The van der Waals surface area contributed by atoms with E-state index in [0.29, 0.717) is 30.9 Å². The summed E-state index contributed by atoms with van der Waals surface area (Å²) < 4.78 is 29.4. The van der Waals surface area contributed by atoms with Crippen molar-refractivity contribution in [2.75, 3.05) is 17.4 Å². The zero-order valence-electron chi connectivity index (χ0n) is 16.9. The number of carbonyl (C=O) groups is 1. The topological polar surface area (TPSA) is 71.4 Å². The molecule has 2 aromatic carbocycles. The molecule has 2 heterocycles. The summed E-state index contributed by atoms with van der Waals surface area (Å²) >= 11 is 0. The minimum atomic E-state index is -3.72. The highest BCUT2D eigenvalue weighted by molar-refractivity contribution is 7.92. The molecule has 0 radical (unpaired) electrons. The Balaban J connectivity index is 1.43. The van der Waals surface area contributed by atoms with Gasteiger partial charge in [0.15, 0.2) is 0 Å². The molecule has 7 heteroatoms. The second kappa shape index (κ2) is 8.36. The third-order valence-corrected chi connectivity index (χ3v) is 7.19. The zero-order valence-corrected chi connectivity index (χ0v) is 17.7.